The van der Waals surface area contributed by atoms with Crippen molar-refractivity contribution in [3.8, 4) is 12.1 Å². The molecule has 0 heterocycles. The van der Waals surface area contributed by atoms with Crippen molar-refractivity contribution >= 4 is 37.5 Å². The van der Waals surface area contributed by atoms with E-state index >= 15 is 0 Å². The van der Waals surface area contributed by atoms with Crippen molar-refractivity contribution in [2.45, 2.75) is 6.92 Å². The van der Waals surface area contributed by atoms with E-state index in [1.165, 1.54) is 6.20 Å². The fourth-order valence-corrected chi connectivity index (χ4v) is 2.72. The fourth-order valence-electron chi connectivity index (χ4n) is 1.07. The van der Waals surface area contributed by atoms with Crippen LogP contribution in [0.5, 0.6) is 0 Å². The number of halogens is 2. The molecule has 0 saturated carbocycles. The molecule has 0 aromatic heterocycles. The van der Waals surface area contributed by atoms with Gasteiger partial charge in [-0.3, -0.25) is 0 Å². The van der Waals surface area contributed by atoms with Gasteiger partial charge in [0.25, 0.3) is 0 Å². The highest BCUT2D eigenvalue weighted by Crippen LogP contribution is 2.32. The molecule has 1 aromatic carbocycles. The lowest BCUT2D eigenvalue weighted by Gasteiger charge is -2.08. The van der Waals surface area contributed by atoms with Gasteiger partial charge in [0.05, 0.1) is 5.69 Å². The van der Waals surface area contributed by atoms with Crippen LogP contribution < -0.4 is 5.32 Å². The Kier molecular flexibility index (Phi) is 4.54. The van der Waals surface area contributed by atoms with Gasteiger partial charge in [0.2, 0.25) is 0 Å². The summed E-state index contributed by atoms with van der Waals surface area (Å²) in [5.74, 6) is 0. The molecule has 0 aliphatic heterocycles. The zero-order chi connectivity index (χ0) is 12.1. The number of benzene rings is 1. The van der Waals surface area contributed by atoms with Gasteiger partial charge in [0.1, 0.15) is 17.7 Å². The van der Waals surface area contributed by atoms with Crippen molar-refractivity contribution in [1.29, 1.82) is 10.5 Å². The largest absolute Gasteiger partial charge is 0.358 e. The summed E-state index contributed by atoms with van der Waals surface area (Å²) in [4.78, 5) is 0. The van der Waals surface area contributed by atoms with Crippen molar-refractivity contribution in [1.82, 2.24) is 0 Å². The van der Waals surface area contributed by atoms with E-state index in [4.69, 9.17) is 10.5 Å². The number of allylic oxidation sites excluding steroid dienone is 1. The average Bonchev–Trinajstić information content (AvgIpc) is 2.22. The molecule has 16 heavy (non-hydrogen) atoms. The summed E-state index contributed by atoms with van der Waals surface area (Å²) in [6, 6.07) is 7.45. The molecule has 0 bridgehead atoms. The van der Waals surface area contributed by atoms with Crippen LogP contribution in [0.3, 0.4) is 0 Å². The first-order chi connectivity index (χ1) is 7.58. The van der Waals surface area contributed by atoms with Crippen LogP contribution in [0.25, 0.3) is 0 Å². The molecule has 3 nitrogen and oxygen atoms in total. The average molecular weight is 341 g/mol. The molecule has 1 aromatic rings. The number of nitriles is 2. The van der Waals surface area contributed by atoms with E-state index in [1.807, 2.05) is 19.1 Å². The molecule has 0 fully saturated rings. The van der Waals surface area contributed by atoms with Crippen LogP contribution in [-0.4, -0.2) is 0 Å². The number of rotatable bonds is 2. The van der Waals surface area contributed by atoms with Crippen LogP contribution in [-0.2, 0) is 0 Å². The second kappa shape index (κ2) is 5.69. The van der Waals surface area contributed by atoms with Gasteiger partial charge < -0.3 is 5.32 Å². The lowest BCUT2D eigenvalue weighted by Crippen LogP contribution is -1.93. The molecule has 1 rings (SSSR count). The number of aryl methyl sites for hydroxylation is 1. The smallest absolute Gasteiger partial charge is 0.145 e. The van der Waals surface area contributed by atoms with Crippen LogP contribution in [0.4, 0.5) is 5.69 Å². The maximum Gasteiger partial charge on any atom is 0.145 e. The summed E-state index contributed by atoms with van der Waals surface area (Å²) in [6.45, 7) is 1.98. The van der Waals surface area contributed by atoms with Crippen LogP contribution >= 0.6 is 31.9 Å². The van der Waals surface area contributed by atoms with Crippen molar-refractivity contribution in [3.05, 3.63) is 38.4 Å². The van der Waals surface area contributed by atoms with E-state index in [0.29, 0.717) is 0 Å². The van der Waals surface area contributed by atoms with E-state index in [0.717, 1.165) is 20.2 Å². The molecule has 0 aliphatic carbocycles. The van der Waals surface area contributed by atoms with Gasteiger partial charge in [-0.1, -0.05) is 0 Å². The van der Waals surface area contributed by atoms with Gasteiger partial charge in [0, 0.05) is 15.1 Å². The first kappa shape index (κ1) is 12.8. The fraction of sp³-hybridized carbons (Fsp3) is 0.0909. The van der Waals surface area contributed by atoms with E-state index in [-0.39, 0.29) is 5.57 Å². The number of hydrogen-bond donors (Lipinski definition) is 1. The number of nitrogens with zero attached hydrogens (tertiary/aromatic N) is 2. The standard InChI is InChI=1S/C11H7Br2N3/c1-7-2-9(12)11(10(13)3-7)16-6-8(4-14)5-15/h2-3,6,16H,1H3. The lowest BCUT2D eigenvalue weighted by molar-refractivity contribution is 1.40. The van der Waals surface area contributed by atoms with Gasteiger partial charge in [-0.15, -0.1) is 0 Å². The van der Waals surface area contributed by atoms with Gasteiger partial charge >= 0.3 is 0 Å². The molecule has 1 N–H and O–H groups in total. The number of anilines is 1. The molecule has 0 atom stereocenters. The summed E-state index contributed by atoms with van der Waals surface area (Å²) in [7, 11) is 0. The van der Waals surface area contributed by atoms with Gasteiger partial charge in [-0.25, -0.2) is 0 Å². The maximum atomic E-state index is 8.58. The summed E-state index contributed by atoms with van der Waals surface area (Å²) < 4.78 is 1.73. The Morgan fingerprint density at radius 1 is 1.25 bits per heavy atom. The summed E-state index contributed by atoms with van der Waals surface area (Å²) in [5.41, 5.74) is 1.92. The predicted molar refractivity (Wildman–Crippen MR) is 69.5 cm³/mol. The Morgan fingerprint density at radius 2 is 1.75 bits per heavy atom. The van der Waals surface area contributed by atoms with Crippen molar-refractivity contribution in [2.24, 2.45) is 0 Å². The van der Waals surface area contributed by atoms with Gasteiger partial charge in [-0.2, -0.15) is 10.5 Å². The van der Waals surface area contributed by atoms with Gasteiger partial charge in [-0.05, 0) is 56.5 Å². The highest BCUT2D eigenvalue weighted by Gasteiger charge is 2.04. The van der Waals surface area contributed by atoms with E-state index < -0.39 is 0 Å². The summed E-state index contributed by atoms with van der Waals surface area (Å²) >= 11 is 6.81. The third-order valence-corrected chi connectivity index (χ3v) is 3.04. The summed E-state index contributed by atoms with van der Waals surface area (Å²) in [5, 5.41) is 20.1. The van der Waals surface area contributed by atoms with Crippen molar-refractivity contribution in [2.75, 3.05) is 5.32 Å². The minimum atomic E-state index is 0.0272. The molecule has 0 aliphatic rings. The van der Waals surface area contributed by atoms with Crippen molar-refractivity contribution < 1.29 is 0 Å². The Hall–Kier alpha value is -1.30. The van der Waals surface area contributed by atoms with E-state index in [2.05, 4.69) is 37.2 Å². The molecule has 5 heteroatoms. The van der Waals surface area contributed by atoms with Crippen LogP contribution in [0.1, 0.15) is 5.56 Å². The maximum absolute atomic E-state index is 8.58. The van der Waals surface area contributed by atoms with Crippen LogP contribution in [0, 0.1) is 29.6 Å². The molecule has 0 spiro atoms. The highest BCUT2D eigenvalue weighted by molar-refractivity contribution is 9.11. The first-order valence-electron chi connectivity index (χ1n) is 4.31. The lowest BCUT2D eigenvalue weighted by atomic mass is 10.2. The number of nitrogens with one attached hydrogen (secondary N) is 1. The zero-order valence-electron chi connectivity index (χ0n) is 8.38. The second-order valence-corrected chi connectivity index (χ2v) is 4.74. The predicted octanol–water partition coefficient (Wildman–Crippen LogP) is 3.86. The molecular formula is C11H7Br2N3. The van der Waals surface area contributed by atoms with Crippen LogP contribution in [0.2, 0.25) is 0 Å². The van der Waals surface area contributed by atoms with Gasteiger partial charge in [0.15, 0.2) is 0 Å². The molecule has 0 saturated heterocycles. The minimum Gasteiger partial charge on any atom is -0.358 e. The molecule has 0 radical (unpaired) electrons. The Labute approximate surface area is 111 Å². The molecule has 0 amide bonds. The first-order valence-corrected chi connectivity index (χ1v) is 5.89. The summed E-state index contributed by atoms with van der Waals surface area (Å²) in [6.07, 6.45) is 1.38. The SMILES string of the molecule is Cc1cc(Br)c(NC=C(C#N)C#N)c(Br)c1. The number of hydrogen-bond acceptors (Lipinski definition) is 3. The Morgan fingerprint density at radius 3 is 2.19 bits per heavy atom. The Balaban J connectivity index is 3.05. The van der Waals surface area contributed by atoms with E-state index in [9.17, 15) is 0 Å². The molecular weight excluding hydrogens is 334 g/mol. The quantitative estimate of drug-likeness (QED) is 0.831. The van der Waals surface area contributed by atoms with Crippen LogP contribution in [0.15, 0.2) is 32.9 Å². The third-order valence-electron chi connectivity index (χ3n) is 1.79. The van der Waals surface area contributed by atoms with E-state index in [1.54, 1.807) is 12.1 Å². The topological polar surface area (TPSA) is 59.6 Å². The minimum absolute atomic E-state index is 0.0272. The third kappa shape index (κ3) is 3.10. The monoisotopic (exact) mass is 339 g/mol. The normalized spacial score (nSPS) is 8.81. The Bertz CT molecular complexity index is 482. The molecule has 80 valence electrons. The highest BCUT2D eigenvalue weighted by atomic mass is 79.9. The zero-order valence-corrected chi connectivity index (χ0v) is 11.6. The van der Waals surface area contributed by atoms with Crippen molar-refractivity contribution in [3.63, 3.8) is 0 Å². The molecule has 0 unspecified atom stereocenters. The second-order valence-electron chi connectivity index (χ2n) is 3.03.